The zero-order valence-electron chi connectivity index (χ0n) is 13.2. The minimum absolute atomic E-state index is 0.0412. The zero-order valence-corrected chi connectivity index (χ0v) is 13.2. The van der Waals surface area contributed by atoms with E-state index in [4.69, 9.17) is 0 Å². The molecule has 6 nitrogen and oxygen atoms in total. The molecule has 1 aromatic rings. The third-order valence-electron chi connectivity index (χ3n) is 4.05. The number of nitrogens with zero attached hydrogens (tertiary/aromatic N) is 5. The summed E-state index contributed by atoms with van der Waals surface area (Å²) < 4.78 is 1.70. The van der Waals surface area contributed by atoms with E-state index in [9.17, 15) is 10.1 Å². The molecular weight excluding hydrogens is 266 g/mol. The van der Waals surface area contributed by atoms with Gasteiger partial charge in [0.15, 0.2) is 5.82 Å². The van der Waals surface area contributed by atoms with E-state index < -0.39 is 5.54 Å². The van der Waals surface area contributed by atoms with Crippen LogP contribution >= 0.6 is 0 Å². The maximum Gasteiger partial charge on any atom is 0.293 e. The van der Waals surface area contributed by atoms with Gasteiger partial charge in [0.2, 0.25) is 0 Å². The number of nitriles is 1. The molecule has 0 aliphatic carbocycles. The highest BCUT2D eigenvalue weighted by atomic mass is 16.1. The van der Waals surface area contributed by atoms with Crippen LogP contribution < -0.4 is 10.5 Å². The molecule has 1 aliphatic rings. The van der Waals surface area contributed by atoms with Gasteiger partial charge < -0.3 is 9.47 Å². The molecule has 0 N–H and O–H groups in total. The Morgan fingerprint density at radius 1 is 1.29 bits per heavy atom. The molecule has 1 aromatic heterocycles. The summed E-state index contributed by atoms with van der Waals surface area (Å²) in [6.45, 7) is 10.8. The third-order valence-corrected chi connectivity index (χ3v) is 4.05. The molecule has 2 heterocycles. The van der Waals surface area contributed by atoms with Crippen molar-refractivity contribution in [1.29, 1.82) is 5.26 Å². The van der Waals surface area contributed by atoms with Crippen LogP contribution in [0.1, 0.15) is 33.7 Å². The van der Waals surface area contributed by atoms with Gasteiger partial charge in [0.25, 0.3) is 5.56 Å². The highest BCUT2D eigenvalue weighted by molar-refractivity contribution is 5.36. The van der Waals surface area contributed by atoms with E-state index in [2.05, 4.69) is 16.0 Å². The molecule has 1 saturated heterocycles. The summed E-state index contributed by atoms with van der Waals surface area (Å²) in [5.41, 5.74) is -0.505. The van der Waals surface area contributed by atoms with Gasteiger partial charge in [0.05, 0.1) is 6.07 Å². The smallest absolute Gasteiger partial charge is 0.293 e. The van der Waals surface area contributed by atoms with Crippen molar-refractivity contribution in [2.75, 3.05) is 31.1 Å². The summed E-state index contributed by atoms with van der Waals surface area (Å²) >= 11 is 0. The number of piperazine rings is 1. The minimum atomic E-state index is -0.464. The number of hydrogen-bond acceptors (Lipinski definition) is 5. The summed E-state index contributed by atoms with van der Waals surface area (Å²) in [6.07, 6.45) is 3.41. The number of aromatic nitrogens is 2. The first-order chi connectivity index (χ1) is 9.86. The maximum absolute atomic E-state index is 12.4. The van der Waals surface area contributed by atoms with Gasteiger partial charge in [-0.15, -0.1) is 0 Å². The fourth-order valence-corrected chi connectivity index (χ4v) is 2.59. The van der Waals surface area contributed by atoms with Gasteiger partial charge in [-0.25, -0.2) is 4.98 Å². The van der Waals surface area contributed by atoms with Crippen LogP contribution in [0.5, 0.6) is 0 Å². The largest absolute Gasteiger partial charge is 0.349 e. The van der Waals surface area contributed by atoms with Gasteiger partial charge in [0, 0.05) is 44.6 Å². The Labute approximate surface area is 125 Å². The van der Waals surface area contributed by atoms with Crippen molar-refractivity contribution >= 4 is 5.82 Å². The average molecular weight is 289 g/mol. The van der Waals surface area contributed by atoms with E-state index in [0.29, 0.717) is 5.82 Å². The van der Waals surface area contributed by atoms with Crippen LogP contribution in [-0.2, 0) is 0 Å². The van der Waals surface area contributed by atoms with E-state index >= 15 is 0 Å². The highest BCUT2D eigenvalue weighted by Gasteiger charge is 2.30. The minimum Gasteiger partial charge on any atom is -0.349 e. The topological polar surface area (TPSA) is 65.2 Å². The van der Waals surface area contributed by atoms with Gasteiger partial charge in [-0.3, -0.25) is 9.69 Å². The number of anilines is 1. The third kappa shape index (κ3) is 3.08. The van der Waals surface area contributed by atoms with Crippen molar-refractivity contribution in [1.82, 2.24) is 14.5 Å². The fraction of sp³-hybridized carbons (Fsp3) is 0.667. The molecule has 0 amide bonds. The molecule has 21 heavy (non-hydrogen) atoms. The van der Waals surface area contributed by atoms with Crippen LogP contribution in [0.2, 0.25) is 0 Å². The van der Waals surface area contributed by atoms with Gasteiger partial charge in [0.1, 0.15) is 5.54 Å². The van der Waals surface area contributed by atoms with Crippen molar-refractivity contribution in [3.8, 4) is 6.07 Å². The van der Waals surface area contributed by atoms with Crippen molar-refractivity contribution in [2.24, 2.45) is 0 Å². The van der Waals surface area contributed by atoms with Crippen LogP contribution in [0.15, 0.2) is 17.2 Å². The van der Waals surface area contributed by atoms with Gasteiger partial charge >= 0.3 is 0 Å². The second-order valence-corrected chi connectivity index (χ2v) is 6.20. The first-order valence-corrected chi connectivity index (χ1v) is 7.35. The summed E-state index contributed by atoms with van der Waals surface area (Å²) in [4.78, 5) is 20.9. The SMILES string of the molecule is CC(C)n1ccnc(N2CCN(C(C)(C)C#N)CC2)c1=O. The second kappa shape index (κ2) is 5.86. The van der Waals surface area contributed by atoms with Crippen LogP contribution in [0.3, 0.4) is 0 Å². The quantitative estimate of drug-likeness (QED) is 0.838. The Morgan fingerprint density at radius 2 is 1.90 bits per heavy atom. The lowest BCUT2D eigenvalue weighted by Crippen LogP contribution is -2.55. The molecule has 0 spiro atoms. The molecule has 114 valence electrons. The first kappa shape index (κ1) is 15.5. The van der Waals surface area contributed by atoms with Crippen molar-refractivity contribution in [3.05, 3.63) is 22.7 Å². The van der Waals surface area contributed by atoms with Crippen LogP contribution in [0, 0.1) is 11.3 Å². The summed E-state index contributed by atoms with van der Waals surface area (Å²) in [5, 5.41) is 9.20. The predicted molar refractivity (Wildman–Crippen MR) is 82.4 cm³/mol. The molecular formula is C15H23N5O. The standard InChI is InChI=1S/C15H23N5O/c1-12(2)20-6-5-17-13(14(20)21)18-7-9-19(10-8-18)15(3,4)11-16/h5-6,12H,7-10H2,1-4H3. The van der Waals surface area contributed by atoms with E-state index in [1.165, 1.54) is 0 Å². The van der Waals surface area contributed by atoms with Crippen LogP contribution in [0.4, 0.5) is 5.82 Å². The van der Waals surface area contributed by atoms with E-state index in [1.807, 2.05) is 32.6 Å². The molecule has 6 heteroatoms. The van der Waals surface area contributed by atoms with Gasteiger partial charge in [-0.05, 0) is 27.7 Å². The Kier molecular flexibility index (Phi) is 4.33. The van der Waals surface area contributed by atoms with E-state index in [1.54, 1.807) is 17.0 Å². The van der Waals surface area contributed by atoms with E-state index in [0.717, 1.165) is 26.2 Å². The summed E-state index contributed by atoms with van der Waals surface area (Å²) in [7, 11) is 0. The lowest BCUT2D eigenvalue weighted by atomic mass is 10.0. The Morgan fingerprint density at radius 3 is 2.43 bits per heavy atom. The molecule has 0 bridgehead atoms. The van der Waals surface area contributed by atoms with Gasteiger partial charge in [-0.1, -0.05) is 0 Å². The van der Waals surface area contributed by atoms with Crippen LogP contribution in [0.25, 0.3) is 0 Å². The molecule has 0 atom stereocenters. The Balaban J connectivity index is 2.16. The summed E-state index contributed by atoms with van der Waals surface area (Å²) in [5.74, 6) is 0.514. The summed E-state index contributed by atoms with van der Waals surface area (Å²) in [6, 6.07) is 2.45. The zero-order chi connectivity index (χ0) is 15.6. The predicted octanol–water partition coefficient (Wildman–Crippen LogP) is 1.25. The van der Waals surface area contributed by atoms with Crippen molar-refractivity contribution in [2.45, 2.75) is 39.3 Å². The molecule has 0 unspecified atom stereocenters. The monoisotopic (exact) mass is 289 g/mol. The Hall–Kier alpha value is -1.87. The Bertz CT molecular complexity index is 591. The average Bonchev–Trinajstić information content (AvgIpc) is 2.47. The molecule has 0 radical (unpaired) electrons. The van der Waals surface area contributed by atoms with Crippen LogP contribution in [-0.4, -0.2) is 46.2 Å². The lowest BCUT2D eigenvalue weighted by molar-refractivity contribution is 0.157. The number of hydrogen-bond donors (Lipinski definition) is 0. The molecule has 0 aromatic carbocycles. The van der Waals surface area contributed by atoms with Crippen molar-refractivity contribution < 1.29 is 0 Å². The highest BCUT2D eigenvalue weighted by Crippen LogP contribution is 2.17. The molecule has 1 fully saturated rings. The van der Waals surface area contributed by atoms with Crippen molar-refractivity contribution in [3.63, 3.8) is 0 Å². The first-order valence-electron chi connectivity index (χ1n) is 7.35. The molecule has 0 saturated carbocycles. The number of rotatable bonds is 3. The molecule has 2 rings (SSSR count). The molecule has 1 aliphatic heterocycles. The lowest BCUT2D eigenvalue weighted by Gasteiger charge is -2.40. The second-order valence-electron chi connectivity index (χ2n) is 6.20. The van der Waals surface area contributed by atoms with Gasteiger partial charge in [-0.2, -0.15) is 5.26 Å². The normalized spacial score (nSPS) is 17.0. The fourth-order valence-electron chi connectivity index (χ4n) is 2.59. The van der Waals surface area contributed by atoms with E-state index in [-0.39, 0.29) is 11.6 Å². The maximum atomic E-state index is 12.4.